The average molecular weight is 294 g/mol. The van der Waals surface area contributed by atoms with Crippen LogP contribution in [0.3, 0.4) is 0 Å². The number of aromatic nitrogens is 1. The molecule has 0 unspecified atom stereocenters. The highest BCUT2D eigenvalue weighted by atomic mass is 79.9. The van der Waals surface area contributed by atoms with Gasteiger partial charge in [0.15, 0.2) is 0 Å². The number of carboxylic acid groups (broad SMARTS) is 1. The zero-order valence-corrected chi connectivity index (χ0v) is 10.9. The van der Waals surface area contributed by atoms with Gasteiger partial charge in [-0.2, -0.15) is 0 Å². The summed E-state index contributed by atoms with van der Waals surface area (Å²) in [4.78, 5) is 10.6. The van der Waals surface area contributed by atoms with Crippen LogP contribution < -0.4 is 0 Å². The van der Waals surface area contributed by atoms with E-state index in [1.807, 2.05) is 42.0 Å². The first kappa shape index (κ1) is 11.9. The van der Waals surface area contributed by atoms with E-state index in [0.717, 1.165) is 20.9 Å². The number of carboxylic acids is 1. The highest BCUT2D eigenvalue weighted by Crippen LogP contribution is 2.26. The van der Waals surface area contributed by atoms with Crippen molar-refractivity contribution in [2.75, 3.05) is 0 Å². The Hall–Kier alpha value is -1.55. The van der Waals surface area contributed by atoms with E-state index in [1.165, 1.54) is 6.08 Å². The molecule has 0 saturated carbocycles. The molecule has 0 saturated heterocycles. The monoisotopic (exact) mass is 293 g/mol. The van der Waals surface area contributed by atoms with E-state index in [4.69, 9.17) is 5.11 Å². The zero-order valence-electron chi connectivity index (χ0n) is 9.35. The molecule has 0 radical (unpaired) electrons. The van der Waals surface area contributed by atoms with E-state index in [-0.39, 0.29) is 0 Å². The van der Waals surface area contributed by atoms with Crippen molar-refractivity contribution in [3.63, 3.8) is 0 Å². The summed E-state index contributed by atoms with van der Waals surface area (Å²) in [7, 11) is 0. The molecule has 17 heavy (non-hydrogen) atoms. The van der Waals surface area contributed by atoms with Crippen molar-refractivity contribution in [1.29, 1.82) is 0 Å². The molecule has 0 fully saturated rings. The number of rotatable bonds is 3. The Labute approximate surface area is 107 Å². The summed E-state index contributed by atoms with van der Waals surface area (Å²) in [5.41, 5.74) is 1.91. The Morgan fingerprint density at radius 2 is 2.18 bits per heavy atom. The van der Waals surface area contributed by atoms with Crippen molar-refractivity contribution in [3.8, 4) is 0 Å². The molecular weight excluding hydrogens is 282 g/mol. The van der Waals surface area contributed by atoms with Gasteiger partial charge in [-0.05, 0) is 34.5 Å². The van der Waals surface area contributed by atoms with Gasteiger partial charge < -0.3 is 9.67 Å². The number of halogens is 1. The fourth-order valence-electron chi connectivity index (χ4n) is 1.86. The molecule has 4 heteroatoms. The largest absolute Gasteiger partial charge is 0.478 e. The predicted octanol–water partition coefficient (Wildman–Crippen LogP) is 3.43. The maximum atomic E-state index is 10.6. The summed E-state index contributed by atoms with van der Waals surface area (Å²) in [5.74, 6) is -0.905. The van der Waals surface area contributed by atoms with Gasteiger partial charge in [-0.25, -0.2) is 4.79 Å². The Kier molecular flexibility index (Phi) is 3.33. The molecule has 0 spiro atoms. The predicted molar refractivity (Wildman–Crippen MR) is 71.0 cm³/mol. The second kappa shape index (κ2) is 4.75. The van der Waals surface area contributed by atoms with Gasteiger partial charge in [0.2, 0.25) is 0 Å². The topological polar surface area (TPSA) is 42.2 Å². The van der Waals surface area contributed by atoms with Crippen molar-refractivity contribution in [1.82, 2.24) is 4.57 Å². The van der Waals surface area contributed by atoms with Gasteiger partial charge in [0.1, 0.15) is 0 Å². The molecule has 88 valence electrons. The molecule has 0 amide bonds. The quantitative estimate of drug-likeness (QED) is 0.881. The second-order valence-electron chi connectivity index (χ2n) is 3.95. The van der Waals surface area contributed by atoms with Crippen LogP contribution in [0.1, 0.15) is 6.92 Å². The maximum absolute atomic E-state index is 10.6. The van der Waals surface area contributed by atoms with E-state index in [0.29, 0.717) is 6.54 Å². The molecule has 2 aromatic rings. The number of hydrogen-bond donors (Lipinski definition) is 1. The number of allylic oxidation sites excluding steroid dienone is 1. The van der Waals surface area contributed by atoms with Crippen LogP contribution in [-0.2, 0) is 11.3 Å². The molecule has 0 bridgehead atoms. The van der Waals surface area contributed by atoms with Crippen LogP contribution in [0.25, 0.3) is 10.9 Å². The van der Waals surface area contributed by atoms with Gasteiger partial charge in [-0.1, -0.05) is 18.2 Å². The van der Waals surface area contributed by atoms with Gasteiger partial charge in [-0.15, -0.1) is 0 Å². The van der Waals surface area contributed by atoms with Crippen LogP contribution in [0.5, 0.6) is 0 Å². The van der Waals surface area contributed by atoms with E-state index in [2.05, 4.69) is 15.9 Å². The van der Waals surface area contributed by atoms with Crippen LogP contribution in [0.4, 0.5) is 0 Å². The van der Waals surface area contributed by atoms with Crippen LogP contribution in [0.2, 0.25) is 0 Å². The Balaban J connectivity index is 2.40. The standard InChI is InChI=1S/C13H12BrNO2/c1-9(6-13(16)17)7-15-8-11(14)10-4-2-3-5-12(10)15/h2-6,8H,7H2,1H3,(H,16,17)/b9-6+. The third-order valence-corrected chi connectivity index (χ3v) is 3.16. The first-order valence-electron chi connectivity index (χ1n) is 5.21. The number of aliphatic carboxylic acids is 1. The molecule has 0 aliphatic rings. The first-order chi connectivity index (χ1) is 8.08. The number of hydrogen-bond acceptors (Lipinski definition) is 1. The van der Waals surface area contributed by atoms with E-state index in [1.54, 1.807) is 0 Å². The SMILES string of the molecule is C/C(=C\C(=O)O)Cn1cc(Br)c2ccccc21. The Bertz CT molecular complexity index is 598. The fraction of sp³-hybridized carbons (Fsp3) is 0.154. The summed E-state index contributed by atoms with van der Waals surface area (Å²) < 4.78 is 3.06. The van der Waals surface area contributed by atoms with Crippen LogP contribution in [0.15, 0.2) is 46.6 Å². The molecule has 1 N–H and O–H groups in total. The first-order valence-corrected chi connectivity index (χ1v) is 6.00. The van der Waals surface area contributed by atoms with Crippen LogP contribution in [0, 0.1) is 0 Å². The minimum absolute atomic E-state index is 0.582. The lowest BCUT2D eigenvalue weighted by molar-refractivity contribution is -0.131. The van der Waals surface area contributed by atoms with Crippen LogP contribution in [-0.4, -0.2) is 15.6 Å². The molecule has 1 aromatic carbocycles. The normalized spacial score (nSPS) is 12.0. The summed E-state index contributed by atoms with van der Waals surface area (Å²) in [6, 6.07) is 8.01. The molecule has 0 atom stereocenters. The molecular formula is C13H12BrNO2. The number of benzene rings is 1. The van der Waals surface area contributed by atoms with Crippen molar-refractivity contribution < 1.29 is 9.90 Å². The summed E-state index contributed by atoms with van der Waals surface area (Å²) in [6.07, 6.45) is 3.21. The lowest BCUT2D eigenvalue weighted by Gasteiger charge is -2.04. The number of nitrogens with zero attached hydrogens (tertiary/aromatic N) is 1. The zero-order chi connectivity index (χ0) is 12.4. The third kappa shape index (κ3) is 2.58. The minimum atomic E-state index is -0.905. The molecule has 1 heterocycles. The number of fused-ring (bicyclic) bond motifs is 1. The molecule has 3 nitrogen and oxygen atoms in total. The average Bonchev–Trinajstić information content (AvgIpc) is 2.55. The number of para-hydroxylation sites is 1. The van der Waals surface area contributed by atoms with Crippen molar-refractivity contribution in [2.45, 2.75) is 13.5 Å². The highest BCUT2D eigenvalue weighted by molar-refractivity contribution is 9.10. The van der Waals surface area contributed by atoms with Gasteiger partial charge >= 0.3 is 5.97 Å². The highest BCUT2D eigenvalue weighted by Gasteiger charge is 2.06. The van der Waals surface area contributed by atoms with E-state index in [9.17, 15) is 4.79 Å². The van der Waals surface area contributed by atoms with Gasteiger partial charge in [0, 0.05) is 34.2 Å². The Morgan fingerprint density at radius 1 is 1.47 bits per heavy atom. The fourth-order valence-corrected chi connectivity index (χ4v) is 2.44. The molecule has 1 aromatic heterocycles. The summed E-state index contributed by atoms with van der Waals surface area (Å²) in [5, 5.41) is 9.82. The van der Waals surface area contributed by atoms with Crippen LogP contribution >= 0.6 is 15.9 Å². The maximum Gasteiger partial charge on any atom is 0.328 e. The smallest absolute Gasteiger partial charge is 0.328 e. The molecule has 2 rings (SSSR count). The Morgan fingerprint density at radius 3 is 2.88 bits per heavy atom. The van der Waals surface area contributed by atoms with Crippen molar-refractivity contribution >= 4 is 32.8 Å². The summed E-state index contributed by atoms with van der Waals surface area (Å²) in [6.45, 7) is 2.40. The van der Waals surface area contributed by atoms with Gasteiger partial charge in [-0.3, -0.25) is 0 Å². The lowest BCUT2D eigenvalue weighted by Crippen LogP contribution is -1.99. The number of carbonyl (C=O) groups is 1. The molecule has 0 aliphatic carbocycles. The van der Waals surface area contributed by atoms with Gasteiger partial charge in [0.25, 0.3) is 0 Å². The van der Waals surface area contributed by atoms with Crippen molar-refractivity contribution in [2.24, 2.45) is 0 Å². The van der Waals surface area contributed by atoms with Gasteiger partial charge in [0.05, 0.1) is 0 Å². The molecule has 0 aliphatic heterocycles. The minimum Gasteiger partial charge on any atom is -0.478 e. The second-order valence-corrected chi connectivity index (χ2v) is 4.81. The lowest BCUT2D eigenvalue weighted by atomic mass is 10.2. The third-order valence-electron chi connectivity index (χ3n) is 2.53. The van der Waals surface area contributed by atoms with E-state index < -0.39 is 5.97 Å². The summed E-state index contributed by atoms with van der Waals surface area (Å²) >= 11 is 3.50. The van der Waals surface area contributed by atoms with E-state index >= 15 is 0 Å². The van der Waals surface area contributed by atoms with Crippen molar-refractivity contribution in [3.05, 3.63) is 46.6 Å².